The van der Waals surface area contributed by atoms with Gasteiger partial charge in [0.1, 0.15) is 6.79 Å². The summed E-state index contributed by atoms with van der Waals surface area (Å²) in [7, 11) is 1.59. The zero-order valence-corrected chi connectivity index (χ0v) is 9.72. The number of carbonyl (C=O) groups is 1. The molecule has 0 fully saturated rings. The van der Waals surface area contributed by atoms with Gasteiger partial charge in [0.05, 0.1) is 12.2 Å². The van der Waals surface area contributed by atoms with Crippen molar-refractivity contribution < 1.29 is 19.0 Å². The number of esters is 1. The van der Waals surface area contributed by atoms with Gasteiger partial charge in [0.25, 0.3) is 0 Å². The zero-order chi connectivity index (χ0) is 11.8. The maximum Gasteiger partial charge on any atom is 0.331 e. The minimum Gasteiger partial charge on any atom is -0.460 e. The fourth-order valence-corrected chi connectivity index (χ4v) is 1.41. The normalized spacial score (nSPS) is 30.5. The van der Waals surface area contributed by atoms with Crippen LogP contribution in [0.2, 0.25) is 0 Å². The number of methoxy groups -OCH3 is 1. The van der Waals surface area contributed by atoms with Gasteiger partial charge in [0.15, 0.2) is 0 Å². The van der Waals surface area contributed by atoms with Crippen LogP contribution in [0.25, 0.3) is 0 Å². The average Bonchev–Trinajstić information content (AvgIpc) is 2.26. The molecule has 0 spiro atoms. The van der Waals surface area contributed by atoms with Crippen LogP contribution in [-0.2, 0) is 19.0 Å². The third-order valence-corrected chi connectivity index (χ3v) is 2.24. The highest BCUT2D eigenvalue weighted by Gasteiger charge is 2.12. The lowest BCUT2D eigenvalue weighted by atomic mass is 10.1. The van der Waals surface area contributed by atoms with Crippen LogP contribution in [0.15, 0.2) is 24.3 Å². The molecule has 0 saturated carbocycles. The number of rotatable bonds is 3. The molecule has 0 aromatic heterocycles. The molecule has 4 heteroatoms. The minimum absolute atomic E-state index is 0.00357. The number of hydrogen-bond acceptors (Lipinski definition) is 4. The molecule has 1 rings (SSSR count). The lowest BCUT2D eigenvalue weighted by molar-refractivity contribution is -0.143. The molecule has 0 bridgehead atoms. The Bertz CT molecular complexity index is 270. The summed E-state index contributed by atoms with van der Waals surface area (Å²) in [5, 5.41) is 0. The van der Waals surface area contributed by atoms with Gasteiger partial charge in [0.2, 0.25) is 0 Å². The molecule has 0 amide bonds. The van der Waals surface area contributed by atoms with Gasteiger partial charge < -0.3 is 14.2 Å². The van der Waals surface area contributed by atoms with Crippen molar-refractivity contribution in [3.8, 4) is 0 Å². The van der Waals surface area contributed by atoms with Crippen LogP contribution >= 0.6 is 0 Å². The molecule has 1 aliphatic rings. The minimum atomic E-state index is -0.298. The Balaban J connectivity index is 2.55. The van der Waals surface area contributed by atoms with E-state index in [9.17, 15) is 4.79 Å². The number of carbonyl (C=O) groups excluding carboxylic acids is 1. The van der Waals surface area contributed by atoms with E-state index in [0.29, 0.717) is 0 Å². The third-order valence-electron chi connectivity index (χ3n) is 2.24. The standard InChI is InChI=1S/C12H18O4/c1-10-7-8-11(15-9-14-2)5-3-4-6-12(13)16-10/h3-6,10-11H,7-9H2,1-2H3/b5-3-,6-4-/t10-,11+/m1/s1. The van der Waals surface area contributed by atoms with Gasteiger partial charge in [-0.15, -0.1) is 0 Å². The number of hydrogen-bond donors (Lipinski definition) is 0. The van der Waals surface area contributed by atoms with Crippen molar-refractivity contribution in [1.29, 1.82) is 0 Å². The second kappa shape index (κ2) is 7.19. The molecule has 90 valence electrons. The first-order chi connectivity index (χ1) is 7.72. The summed E-state index contributed by atoms with van der Waals surface area (Å²) in [5.74, 6) is -0.298. The highest BCUT2D eigenvalue weighted by Crippen LogP contribution is 2.11. The monoisotopic (exact) mass is 226 g/mol. The Morgan fingerprint density at radius 1 is 1.44 bits per heavy atom. The first kappa shape index (κ1) is 12.9. The summed E-state index contributed by atoms with van der Waals surface area (Å²) in [6.07, 6.45) is 8.27. The van der Waals surface area contributed by atoms with Crippen molar-refractivity contribution in [2.75, 3.05) is 13.9 Å². The highest BCUT2D eigenvalue weighted by atomic mass is 16.7. The largest absolute Gasteiger partial charge is 0.460 e. The van der Waals surface area contributed by atoms with Gasteiger partial charge in [-0.25, -0.2) is 4.79 Å². The van der Waals surface area contributed by atoms with E-state index in [2.05, 4.69) is 0 Å². The van der Waals surface area contributed by atoms with E-state index >= 15 is 0 Å². The van der Waals surface area contributed by atoms with Crippen molar-refractivity contribution in [3.63, 3.8) is 0 Å². The van der Waals surface area contributed by atoms with E-state index in [1.54, 1.807) is 19.3 Å². The van der Waals surface area contributed by atoms with Crippen molar-refractivity contribution in [3.05, 3.63) is 24.3 Å². The number of ether oxygens (including phenoxy) is 3. The van der Waals surface area contributed by atoms with E-state index in [-0.39, 0.29) is 25.0 Å². The molecule has 16 heavy (non-hydrogen) atoms. The lowest BCUT2D eigenvalue weighted by Gasteiger charge is -2.17. The maximum atomic E-state index is 11.2. The molecule has 0 unspecified atom stereocenters. The molecule has 1 heterocycles. The Morgan fingerprint density at radius 3 is 3.00 bits per heavy atom. The molecule has 0 saturated heterocycles. The van der Waals surface area contributed by atoms with Crippen LogP contribution in [0.1, 0.15) is 19.8 Å². The van der Waals surface area contributed by atoms with Crippen LogP contribution in [0.3, 0.4) is 0 Å². The molecule has 0 aromatic carbocycles. The Labute approximate surface area is 95.9 Å². The van der Waals surface area contributed by atoms with E-state index in [4.69, 9.17) is 14.2 Å². The molecule has 0 aliphatic carbocycles. The van der Waals surface area contributed by atoms with Crippen LogP contribution in [0, 0.1) is 0 Å². The molecule has 4 nitrogen and oxygen atoms in total. The maximum absolute atomic E-state index is 11.2. The summed E-state index contributed by atoms with van der Waals surface area (Å²) in [6, 6.07) is 0. The lowest BCUT2D eigenvalue weighted by Crippen LogP contribution is -2.18. The fourth-order valence-electron chi connectivity index (χ4n) is 1.41. The topological polar surface area (TPSA) is 44.8 Å². The van der Waals surface area contributed by atoms with Gasteiger partial charge in [-0.1, -0.05) is 18.2 Å². The Morgan fingerprint density at radius 2 is 2.25 bits per heavy atom. The zero-order valence-electron chi connectivity index (χ0n) is 9.72. The SMILES string of the molecule is COCO[C@H]1/C=C\C=C/C(=O)O[C@H](C)CC1. The summed E-state index contributed by atoms with van der Waals surface area (Å²) in [6.45, 7) is 2.15. The molecular formula is C12H18O4. The first-order valence-corrected chi connectivity index (χ1v) is 5.38. The molecule has 0 radical (unpaired) electrons. The van der Waals surface area contributed by atoms with Crippen molar-refractivity contribution in [2.45, 2.75) is 32.0 Å². The van der Waals surface area contributed by atoms with Crippen molar-refractivity contribution >= 4 is 5.97 Å². The van der Waals surface area contributed by atoms with Crippen LogP contribution in [-0.4, -0.2) is 32.1 Å². The summed E-state index contributed by atoms with van der Waals surface area (Å²) >= 11 is 0. The van der Waals surface area contributed by atoms with Crippen molar-refractivity contribution in [1.82, 2.24) is 0 Å². The van der Waals surface area contributed by atoms with Gasteiger partial charge in [-0.2, -0.15) is 0 Å². The number of cyclic esters (lactones) is 1. The smallest absolute Gasteiger partial charge is 0.331 e. The molecule has 0 N–H and O–H groups in total. The number of allylic oxidation sites excluding steroid dienone is 2. The fraction of sp³-hybridized carbons (Fsp3) is 0.583. The van der Waals surface area contributed by atoms with Crippen LogP contribution in [0.5, 0.6) is 0 Å². The average molecular weight is 226 g/mol. The summed E-state index contributed by atoms with van der Waals surface area (Å²) < 4.78 is 15.4. The predicted octanol–water partition coefficient (Wildman–Crippen LogP) is 1.81. The Kier molecular flexibility index (Phi) is 5.82. The van der Waals surface area contributed by atoms with Gasteiger partial charge in [0, 0.05) is 13.2 Å². The van der Waals surface area contributed by atoms with Crippen molar-refractivity contribution in [2.24, 2.45) is 0 Å². The molecular weight excluding hydrogens is 208 g/mol. The van der Waals surface area contributed by atoms with Gasteiger partial charge in [-0.05, 0) is 19.8 Å². The Hall–Kier alpha value is -1.13. The van der Waals surface area contributed by atoms with Crippen LogP contribution in [0.4, 0.5) is 0 Å². The first-order valence-electron chi connectivity index (χ1n) is 5.38. The molecule has 1 aliphatic heterocycles. The quantitative estimate of drug-likeness (QED) is 0.544. The van der Waals surface area contributed by atoms with Gasteiger partial charge in [-0.3, -0.25) is 0 Å². The van der Waals surface area contributed by atoms with E-state index < -0.39 is 0 Å². The van der Waals surface area contributed by atoms with Crippen LogP contribution < -0.4 is 0 Å². The van der Waals surface area contributed by atoms with E-state index in [0.717, 1.165) is 12.8 Å². The second-order valence-corrected chi connectivity index (χ2v) is 3.68. The highest BCUT2D eigenvalue weighted by molar-refractivity contribution is 5.82. The summed E-state index contributed by atoms with van der Waals surface area (Å²) in [4.78, 5) is 11.2. The molecule has 2 atom stereocenters. The van der Waals surface area contributed by atoms with E-state index in [1.165, 1.54) is 6.08 Å². The summed E-state index contributed by atoms with van der Waals surface area (Å²) in [5.41, 5.74) is 0. The second-order valence-electron chi connectivity index (χ2n) is 3.68. The van der Waals surface area contributed by atoms with E-state index in [1.807, 2.05) is 13.0 Å². The third kappa shape index (κ3) is 5.09. The predicted molar refractivity (Wildman–Crippen MR) is 59.8 cm³/mol. The molecule has 0 aromatic rings. The van der Waals surface area contributed by atoms with Gasteiger partial charge >= 0.3 is 5.97 Å².